The molecule has 14 rings (SSSR count). The molecule has 0 atom stereocenters. The molecule has 6 saturated heterocycles. The van der Waals surface area contributed by atoms with Crippen molar-refractivity contribution < 1.29 is 76.7 Å². The molecule has 0 unspecified atom stereocenters. The summed E-state index contributed by atoms with van der Waals surface area (Å²) in [6.07, 6.45) is 0.424. The minimum absolute atomic E-state index is 0.0459. The number of hydrogen-bond donors (Lipinski definition) is 0. The van der Waals surface area contributed by atoms with E-state index in [0.29, 0.717) is 41.5 Å². The van der Waals surface area contributed by atoms with Crippen LogP contribution in [0, 0.1) is 0 Å². The Balaban J connectivity index is 1.26. The number of ether oxygens (including phenoxy) is 2. The highest BCUT2D eigenvalue weighted by Gasteiger charge is 2.83. The Morgan fingerprint density at radius 3 is 0.587 bits per heavy atom. The molecule has 6 aliphatic rings. The van der Waals surface area contributed by atoms with E-state index in [1.165, 1.54) is 0 Å². The predicted octanol–water partition coefficient (Wildman–Crippen LogP) is 6.22. The van der Waals surface area contributed by atoms with Crippen LogP contribution in [0.25, 0.3) is 0 Å². The molecule has 0 saturated carbocycles. The molecule has 472 valence electrons. The Morgan fingerprint density at radius 1 is 0.283 bits per heavy atom. The maximum Gasteiger partial charge on any atom is 0.515 e. The van der Waals surface area contributed by atoms with E-state index in [2.05, 4.69) is 13.2 Å². The quantitative estimate of drug-likeness (QED) is 0.0408. The SMILES string of the molecule is C=C(C)C(=O)OCCC[Si]1(C)O[Si]2(c3ccccc3)O[Si]3(c4ccccc4)O[Si]4(c5ccccc5)O[Si](C)(CCCOC(=O)C(=C)C)O[Si]5(c6ccccc6)O[Si](c6ccccc6)(O[Si](c6ccccc6)(O1)O[Si](c1ccccc1)(O5)O[Si](c1ccccc1)(O2)O4)O3. The Morgan fingerprint density at radius 2 is 0.435 bits per heavy atom. The first kappa shape index (κ1) is 64.5. The van der Waals surface area contributed by atoms with Gasteiger partial charge in [-0.15, -0.1) is 0 Å². The van der Waals surface area contributed by atoms with Crippen LogP contribution in [0.5, 0.6) is 0 Å². The lowest BCUT2D eigenvalue weighted by molar-refractivity contribution is -0.139. The van der Waals surface area contributed by atoms with Crippen molar-refractivity contribution in [2.45, 2.75) is 51.9 Å². The van der Waals surface area contributed by atoms with E-state index in [9.17, 15) is 9.59 Å². The van der Waals surface area contributed by atoms with Crippen molar-refractivity contribution >= 4 is 141 Å². The monoisotopic (exact) mass is 1400 g/mol. The molecular weight excluding hydrogens is 1340 g/mol. The number of esters is 2. The molecule has 0 radical (unpaired) electrons. The van der Waals surface area contributed by atoms with Crippen LogP contribution in [0.15, 0.2) is 267 Å². The van der Waals surface area contributed by atoms with Crippen molar-refractivity contribution in [2.75, 3.05) is 13.2 Å². The summed E-state index contributed by atoms with van der Waals surface area (Å²) in [5.74, 6) is -1.10. The van der Waals surface area contributed by atoms with Gasteiger partial charge in [0.15, 0.2) is 0 Å². The van der Waals surface area contributed by atoms with Gasteiger partial charge in [-0.25, -0.2) is 9.59 Å². The van der Waals surface area contributed by atoms with Crippen LogP contribution in [0.4, 0.5) is 0 Å². The van der Waals surface area contributed by atoms with Crippen molar-refractivity contribution in [3.8, 4) is 0 Å². The summed E-state index contributed by atoms with van der Waals surface area (Å²) in [6.45, 7) is 14.7. The summed E-state index contributed by atoms with van der Waals surface area (Å²) in [7, 11) is -50.6. The average molecular weight is 1410 g/mol. The lowest BCUT2D eigenvalue weighted by Crippen LogP contribution is -2.93. The lowest BCUT2D eigenvalue weighted by Gasteiger charge is -2.61. The van der Waals surface area contributed by atoms with Crippen molar-refractivity contribution in [1.82, 2.24) is 0 Å². The Kier molecular flexibility index (Phi) is 18.1. The molecule has 6 heterocycles. The third-order valence-electron chi connectivity index (χ3n) is 15.8. The van der Waals surface area contributed by atoms with Crippen LogP contribution >= 0.6 is 0 Å². The Labute approximate surface area is 546 Å². The van der Waals surface area contributed by atoms with Gasteiger partial charge in [-0.3, -0.25) is 0 Å². The van der Waals surface area contributed by atoms with Crippen molar-refractivity contribution in [2.24, 2.45) is 0 Å². The number of carbonyl (C=O) groups excluding carboxylic acids is 2. The van der Waals surface area contributed by atoms with Gasteiger partial charge in [0.25, 0.3) is 0 Å². The van der Waals surface area contributed by atoms with Crippen LogP contribution in [-0.2, 0) is 76.7 Å². The second kappa shape index (κ2) is 25.8. The van der Waals surface area contributed by atoms with Gasteiger partial charge in [-0.2, -0.15) is 0 Å². The first-order valence-electron chi connectivity index (χ1n) is 30.3. The maximum absolute atomic E-state index is 13.2. The number of benzene rings is 8. The highest BCUT2D eigenvalue weighted by atomic mass is 28.6. The van der Waals surface area contributed by atoms with Crippen LogP contribution in [0.3, 0.4) is 0 Å². The van der Waals surface area contributed by atoms with E-state index < -0.39 is 99.5 Å². The van der Waals surface area contributed by atoms with Gasteiger partial charge in [0, 0.05) is 52.6 Å². The summed E-state index contributed by atoms with van der Waals surface area (Å²) in [6, 6.07) is 75.8. The first-order chi connectivity index (χ1) is 44.4. The molecule has 6 aliphatic heterocycles. The highest BCUT2D eigenvalue weighted by Crippen LogP contribution is 2.48. The number of fused-ring (bicyclic) bond motifs is 4. The van der Waals surface area contributed by atoms with Gasteiger partial charge in [-0.05, 0) is 51.9 Å². The largest absolute Gasteiger partial charge is 0.515 e. The number of rotatable bonds is 18. The molecule has 0 aliphatic carbocycles. The lowest BCUT2D eigenvalue weighted by atomic mass is 10.4. The van der Waals surface area contributed by atoms with E-state index in [-0.39, 0.29) is 49.3 Å². The fraction of sp³-hybridized carbons (Fsp3) is 0.156. The van der Waals surface area contributed by atoms with Gasteiger partial charge in [0.2, 0.25) is 0 Å². The Bertz CT molecular complexity index is 3440. The molecule has 8 bridgehead atoms. The minimum atomic E-state index is -5.32. The molecule has 0 spiro atoms. The van der Waals surface area contributed by atoms with Gasteiger partial charge >= 0.3 is 99.5 Å². The highest BCUT2D eigenvalue weighted by molar-refractivity contribution is 7.12. The fourth-order valence-electron chi connectivity index (χ4n) is 11.6. The van der Waals surface area contributed by atoms with Crippen LogP contribution in [0.1, 0.15) is 26.7 Å². The van der Waals surface area contributed by atoms with E-state index in [1.54, 1.807) is 13.8 Å². The molecule has 6 fully saturated rings. The second-order valence-corrected chi connectivity index (χ2v) is 53.6. The zero-order valence-electron chi connectivity index (χ0n) is 51.1. The summed E-state index contributed by atoms with van der Waals surface area (Å²) >= 11 is 0. The molecule has 0 N–H and O–H groups in total. The molecule has 8 aromatic carbocycles. The smallest absolute Gasteiger partial charge is 0.462 e. The summed E-state index contributed by atoms with van der Waals surface area (Å²) in [4.78, 5) is 26.5. The van der Waals surface area contributed by atoms with Crippen molar-refractivity contribution in [3.05, 3.63) is 267 Å². The molecule has 92 heavy (non-hydrogen) atoms. The van der Waals surface area contributed by atoms with E-state index in [1.807, 2.05) is 256 Å². The molecular formula is C64H68O18Si10. The maximum atomic E-state index is 13.2. The van der Waals surface area contributed by atoms with Crippen LogP contribution in [0.2, 0.25) is 25.2 Å². The standard InChI is InChI=1S/C64H68O18Si10/c1-53(2)63(65)67-49-31-51-83(5)69-85(55-33-15-7-16-34-55)73-89(59-41-23-11-24-42-59)77-87(57-37-19-9-20-38-57)71-84(6,52-32-50-68-64(66)54(3)4)72-88(58-39-21-10-22-40-58)79-91(81-89,61-45-27-13-28-46-61)75-86(70-83,56-35-17-8-18-36-56)76-92(80-88,62-47-29-14-30-48-62)82-90(74-85,78-87)60-43-25-12-26-44-60/h7-30,33-48H,1,3,31-32,49-52H2,2,4-6H3. The van der Waals surface area contributed by atoms with Crippen molar-refractivity contribution in [1.29, 1.82) is 0 Å². The summed E-state index contributed by atoms with van der Waals surface area (Å²) in [5, 5.41) is 3.54. The van der Waals surface area contributed by atoms with E-state index >= 15 is 0 Å². The predicted molar refractivity (Wildman–Crippen MR) is 363 cm³/mol. The number of carbonyl (C=O) groups is 2. The van der Waals surface area contributed by atoms with E-state index in [4.69, 9.17) is 67.1 Å². The Hall–Kier alpha value is -6.21. The molecule has 8 aromatic rings. The normalized spacial score (nSPS) is 31.5. The summed E-state index contributed by atoms with van der Waals surface area (Å²) < 4.78 is 130. The minimum Gasteiger partial charge on any atom is -0.462 e. The molecule has 0 aromatic heterocycles. The van der Waals surface area contributed by atoms with Gasteiger partial charge in [0.05, 0.1) is 13.2 Å². The third kappa shape index (κ3) is 12.6. The van der Waals surface area contributed by atoms with Crippen molar-refractivity contribution in [3.63, 3.8) is 0 Å². The third-order valence-corrected chi connectivity index (χ3v) is 59.4. The molecule has 28 heteroatoms. The summed E-state index contributed by atoms with van der Waals surface area (Å²) in [5.41, 5.74) is 0.486. The first-order valence-corrected chi connectivity index (χ1v) is 49.2. The fourth-order valence-corrected chi connectivity index (χ4v) is 68.2. The topological polar surface area (TPSA) is 182 Å². The van der Waals surface area contributed by atoms with Gasteiger partial charge in [-0.1, -0.05) is 256 Å². The second-order valence-electron chi connectivity index (χ2n) is 23.1. The van der Waals surface area contributed by atoms with E-state index in [0.717, 1.165) is 0 Å². The van der Waals surface area contributed by atoms with Gasteiger partial charge in [0.1, 0.15) is 0 Å². The average Bonchev–Trinajstić information content (AvgIpc) is 0.678. The molecule has 18 nitrogen and oxygen atoms in total. The molecule has 0 amide bonds. The zero-order valence-corrected chi connectivity index (χ0v) is 61.1. The van der Waals surface area contributed by atoms with Crippen LogP contribution < -0.4 is 41.5 Å². The van der Waals surface area contributed by atoms with Gasteiger partial charge < -0.3 is 67.1 Å². The zero-order chi connectivity index (χ0) is 63.8. The van der Waals surface area contributed by atoms with Crippen LogP contribution in [-0.4, -0.2) is 113 Å². The number of hydrogen-bond acceptors (Lipinski definition) is 18.